The first-order chi connectivity index (χ1) is 15.5. The first-order valence-electron chi connectivity index (χ1n) is 11.4. The van der Waals surface area contributed by atoms with Gasteiger partial charge in [-0.05, 0) is 54.4 Å². The van der Waals surface area contributed by atoms with Gasteiger partial charge in [0.2, 0.25) is 5.91 Å². The fourth-order valence-electron chi connectivity index (χ4n) is 5.35. The highest BCUT2D eigenvalue weighted by Crippen LogP contribution is 2.38. The van der Waals surface area contributed by atoms with E-state index in [2.05, 4.69) is 26.1 Å². The highest BCUT2D eigenvalue weighted by Gasteiger charge is 2.32. The van der Waals surface area contributed by atoms with Crippen molar-refractivity contribution in [3.63, 3.8) is 0 Å². The number of hydrogen-bond donors (Lipinski definition) is 1. The van der Waals surface area contributed by atoms with E-state index in [0.29, 0.717) is 22.4 Å². The normalized spacial score (nSPS) is 20.6. The van der Waals surface area contributed by atoms with Crippen molar-refractivity contribution >= 4 is 26.6 Å². The Hall–Kier alpha value is -2.67. The van der Waals surface area contributed by atoms with Crippen LogP contribution in [0.2, 0.25) is 0 Å². The zero-order valence-corrected chi connectivity index (χ0v) is 20.2. The van der Waals surface area contributed by atoms with Crippen molar-refractivity contribution < 1.29 is 17.6 Å². The van der Waals surface area contributed by atoms with Crippen molar-refractivity contribution in [2.24, 2.45) is 11.3 Å². The van der Waals surface area contributed by atoms with Gasteiger partial charge in [0.05, 0.1) is 10.6 Å². The summed E-state index contributed by atoms with van der Waals surface area (Å²) in [5, 5.41) is 3.75. The van der Waals surface area contributed by atoms with Gasteiger partial charge in [-0.2, -0.15) is 0 Å². The van der Waals surface area contributed by atoms with E-state index in [1.54, 1.807) is 22.9 Å². The molecule has 1 amide bonds. The highest BCUT2D eigenvalue weighted by atomic mass is 32.2. The number of amides is 1. The zero-order chi connectivity index (χ0) is 23.8. The molecule has 0 saturated heterocycles. The van der Waals surface area contributed by atoms with E-state index in [1.165, 1.54) is 24.3 Å². The minimum absolute atomic E-state index is 0.0535. The standard InChI is InChI=1S/C26H31FN2O3S/c1-18-12-21(14-26(2,3)13-18)28-25(30)16-29-15-24(22-6-4-5-7-23(22)29)33(31,32)17-19-8-10-20(27)11-9-19/h4-11,15,18,21H,12-14,16-17H2,1-3H3,(H,28,30). The van der Waals surface area contributed by atoms with Crippen molar-refractivity contribution in [2.75, 3.05) is 0 Å². The van der Waals surface area contributed by atoms with Gasteiger partial charge in [0.25, 0.3) is 0 Å². The Morgan fingerprint density at radius 2 is 1.82 bits per heavy atom. The Balaban J connectivity index is 1.57. The molecule has 1 aliphatic rings. The largest absolute Gasteiger partial charge is 0.352 e. The third-order valence-corrected chi connectivity index (χ3v) is 8.13. The number of carbonyl (C=O) groups is 1. The molecule has 2 aromatic carbocycles. The Kier molecular flexibility index (Phi) is 6.36. The number of fused-ring (bicyclic) bond motifs is 1. The third-order valence-electron chi connectivity index (χ3n) is 6.42. The Morgan fingerprint density at radius 3 is 2.52 bits per heavy atom. The molecule has 3 aromatic rings. The van der Waals surface area contributed by atoms with Crippen molar-refractivity contribution in [1.29, 1.82) is 0 Å². The maximum Gasteiger partial charge on any atom is 0.240 e. The summed E-state index contributed by atoms with van der Waals surface area (Å²) in [6.45, 7) is 6.74. The quantitative estimate of drug-likeness (QED) is 0.546. The number of halogens is 1. The average molecular weight is 471 g/mol. The van der Waals surface area contributed by atoms with Gasteiger partial charge in [0.15, 0.2) is 9.84 Å². The molecule has 0 radical (unpaired) electrons. The van der Waals surface area contributed by atoms with Crippen LogP contribution in [-0.2, 0) is 26.9 Å². The molecule has 176 valence electrons. The molecular formula is C26H31FN2O3S. The van der Waals surface area contributed by atoms with Crippen molar-refractivity contribution in [3.05, 3.63) is 66.1 Å². The van der Waals surface area contributed by atoms with Gasteiger partial charge in [-0.15, -0.1) is 0 Å². The molecule has 0 spiro atoms. The van der Waals surface area contributed by atoms with Crippen LogP contribution in [-0.4, -0.2) is 24.9 Å². The summed E-state index contributed by atoms with van der Waals surface area (Å²) in [5.41, 5.74) is 1.40. The number of nitrogens with one attached hydrogen (secondary N) is 1. The monoisotopic (exact) mass is 470 g/mol. The van der Waals surface area contributed by atoms with E-state index in [4.69, 9.17) is 0 Å². The molecular weight excluding hydrogens is 439 g/mol. The van der Waals surface area contributed by atoms with E-state index in [1.807, 2.05) is 12.1 Å². The molecule has 33 heavy (non-hydrogen) atoms. The molecule has 1 aliphatic carbocycles. The fraction of sp³-hybridized carbons (Fsp3) is 0.423. The summed E-state index contributed by atoms with van der Waals surface area (Å²) >= 11 is 0. The lowest BCUT2D eigenvalue weighted by Gasteiger charge is -2.39. The Bertz CT molecular complexity index is 1260. The van der Waals surface area contributed by atoms with Crippen LogP contribution < -0.4 is 5.32 Å². The van der Waals surface area contributed by atoms with E-state index in [0.717, 1.165) is 19.3 Å². The van der Waals surface area contributed by atoms with Crippen LogP contribution in [0.4, 0.5) is 4.39 Å². The average Bonchev–Trinajstić information content (AvgIpc) is 3.07. The number of nitrogens with zero attached hydrogens (tertiary/aromatic N) is 1. The number of para-hydroxylation sites is 1. The maximum atomic E-state index is 13.2. The SMILES string of the molecule is CC1CC(NC(=O)Cn2cc(S(=O)(=O)Cc3ccc(F)cc3)c3ccccc32)CC(C)(C)C1. The molecule has 5 nitrogen and oxygen atoms in total. The Labute approximate surface area is 194 Å². The van der Waals surface area contributed by atoms with Gasteiger partial charge in [0, 0.05) is 23.1 Å². The van der Waals surface area contributed by atoms with Gasteiger partial charge in [-0.25, -0.2) is 12.8 Å². The first-order valence-corrected chi connectivity index (χ1v) is 13.0. The van der Waals surface area contributed by atoms with Gasteiger partial charge >= 0.3 is 0 Å². The topological polar surface area (TPSA) is 68.2 Å². The summed E-state index contributed by atoms with van der Waals surface area (Å²) in [6.07, 6.45) is 4.60. The number of carbonyl (C=O) groups excluding carboxylic acids is 1. The fourth-order valence-corrected chi connectivity index (χ4v) is 6.94. The van der Waals surface area contributed by atoms with E-state index >= 15 is 0 Å². The molecule has 7 heteroatoms. The lowest BCUT2D eigenvalue weighted by molar-refractivity contribution is -0.122. The molecule has 2 atom stereocenters. The number of aromatic nitrogens is 1. The summed E-state index contributed by atoms with van der Waals surface area (Å²) in [4.78, 5) is 13.1. The van der Waals surface area contributed by atoms with Crippen molar-refractivity contribution in [2.45, 2.75) is 63.3 Å². The molecule has 1 saturated carbocycles. The molecule has 1 N–H and O–H groups in total. The minimum Gasteiger partial charge on any atom is -0.352 e. The van der Waals surface area contributed by atoms with E-state index in [-0.39, 0.29) is 34.6 Å². The zero-order valence-electron chi connectivity index (χ0n) is 19.3. The predicted octanol–water partition coefficient (Wildman–Crippen LogP) is 5.09. The highest BCUT2D eigenvalue weighted by molar-refractivity contribution is 7.90. The van der Waals surface area contributed by atoms with Crippen LogP contribution in [0, 0.1) is 17.2 Å². The number of rotatable bonds is 6. The lowest BCUT2D eigenvalue weighted by Crippen LogP contribution is -2.44. The van der Waals surface area contributed by atoms with Crippen LogP contribution in [0.5, 0.6) is 0 Å². The summed E-state index contributed by atoms with van der Waals surface area (Å²) in [7, 11) is -3.69. The summed E-state index contributed by atoms with van der Waals surface area (Å²) in [6, 6.07) is 12.8. The molecule has 1 fully saturated rings. The van der Waals surface area contributed by atoms with Gasteiger partial charge in [-0.3, -0.25) is 4.79 Å². The maximum absolute atomic E-state index is 13.2. The van der Waals surface area contributed by atoms with Gasteiger partial charge in [0.1, 0.15) is 12.4 Å². The summed E-state index contributed by atoms with van der Waals surface area (Å²) < 4.78 is 41.4. The summed E-state index contributed by atoms with van der Waals surface area (Å²) in [5.74, 6) is -0.208. The van der Waals surface area contributed by atoms with Gasteiger partial charge in [-0.1, -0.05) is 51.1 Å². The van der Waals surface area contributed by atoms with Crippen LogP contribution in [0.3, 0.4) is 0 Å². The van der Waals surface area contributed by atoms with Crippen LogP contribution in [0.25, 0.3) is 10.9 Å². The third kappa shape index (κ3) is 5.46. The molecule has 0 bridgehead atoms. The van der Waals surface area contributed by atoms with E-state index < -0.39 is 15.7 Å². The van der Waals surface area contributed by atoms with E-state index in [9.17, 15) is 17.6 Å². The minimum atomic E-state index is -3.69. The molecule has 1 aromatic heterocycles. The lowest BCUT2D eigenvalue weighted by atomic mass is 9.70. The molecule has 0 aliphatic heterocycles. The van der Waals surface area contributed by atoms with Crippen molar-refractivity contribution in [3.8, 4) is 0 Å². The number of benzene rings is 2. The number of sulfone groups is 1. The molecule has 4 rings (SSSR count). The van der Waals surface area contributed by atoms with Crippen molar-refractivity contribution in [1.82, 2.24) is 9.88 Å². The van der Waals surface area contributed by atoms with Gasteiger partial charge < -0.3 is 9.88 Å². The predicted molar refractivity (Wildman–Crippen MR) is 128 cm³/mol. The van der Waals surface area contributed by atoms with Crippen LogP contribution >= 0.6 is 0 Å². The second kappa shape index (κ2) is 8.93. The smallest absolute Gasteiger partial charge is 0.240 e. The number of hydrogen-bond acceptors (Lipinski definition) is 3. The van der Waals surface area contributed by atoms with Crippen LogP contribution in [0.15, 0.2) is 59.6 Å². The Morgan fingerprint density at radius 1 is 1.12 bits per heavy atom. The molecule has 1 heterocycles. The second-order valence-electron chi connectivity index (χ2n) is 10.2. The van der Waals surface area contributed by atoms with Crippen LogP contribution in [0.1, 0.15) is 45.6 Å². The first kappa shape index (κ1) is 23.5. The second-order valence-corrected chi connectivity index (χ2v) is 12.2. The molecule has 2 unspecified atom stereocenters.